The molecule has 2 aromatic carbocycles. The maximum atomic E-state index is 13.9. The van der Waals surface area contributed by atoms with Gasteiger partial charge in [-0.15, -0.1) is 0 Å². The topological polar surface area (TPSA) is 205 Å². The van der Waals surface area contributed by atoms with E-state index in [1.807, 2.05) is 30.3 Å². The van der Waals surface area contributed by atoms with Crippen LogP contribution in [0.2, 0.25) is 0 Å². The number of likely N-dealkylation sites (tertiary alicyclic amines) is 1. The van der Waals surface area contributed by atoms with E-state index < -0.39 is 47.5 Å². The van der Waals surface area contributed by atoms with Crippen LogP contribution in [0.1, 0.15) is 52.0 Å². The summed E-state index contributed by atoms with van der Waals surface area (Å²) in [6.07, 6.45) is 1.15. The first kappa shape index (κ1) is 33.7. The second-order valence-corrected chi connectivity index (χ2v) is 11.7. The minimum absolute atomic E-state index is 0.193. The van der Waals surface area contributed by atoms with Gasteiger partial charge in [0.2, 0.25) is 17.7 Å². The minimum Gasteiger partial charge on any atom is -0.444 e. The van der Waals surface area contributed by atoms with Crippen molar-refractivity contribution in [3.05, 3.63) is 60.2 Å². The average molecular weight is 609 g/mol. The summed E-state index contributed by atoms with van der Waals surface area (Å²) in [6.45, 7) is 5.86. The van der Waals surface area contributed by atoms with Crippen LogP contribution in [-0.4, -0.2) is 71.5 Å². The van der Waals surface area contributed by atoms with Crippen LogP contribution in [0.3, 0.4) is 0 Å². The molecule has 1 heterocycles. The summed E-state index contributed by atoms with van der Waals surface area (Å²) in [5.74, 6) is -1.51. The Bertz CT molecular complexity index is 1300. The summed E-state index contributed by atoms with van der Waals surface area (Å²) in [6, 6.07) is 13.2. The quantitative estimate of drug-likeness (QED) is 0.0820. The number of benzene rings is 2. The largest absolute Gasteiger partial charge is 0.444 e. The Kier molecular flexibility index (Phi) is 11.9. The number of carbonyl (C=O) groups is 4. The van der Waals surface area contributed by atoms with Crippen LogP contribution in [0.5, 0.6) is 0 Å². The van der Waals surface area contributed by atoms with Gasteiger partial charge in [-0.1, -0.05) is 30.3 Å². The highest BCUT2D eigenvalue weighted by atomic mass is 16.6. The van der Waals surface area contributed by atoms with Gasteiger partial charge in [-0.3, -0.25) is 19.8 Å². The van der Waals surface area contributed by atoms with Crippen molar-refractivity contribution in [2.45, 2.75) is 76.6 Å². The number of nitrogens with two attached hydrogens (primary N) is 2. The predicted octanol–water partition coefficient (Wildman–Crippen LogP) is 2.08. The highest BCUT2D eigenvalue weighted by molar-refractivity contribution is 5.99. The molecule has 2 aromatic rings. The van der Waals surface area contributed by atoms with Crippen molar-refractivity contribution < 1.29 is 23.9 Å². The van der Waals surface area contributed by atoms with Crippen LogP contribution in [0.25, 0.3) is 0 Å². The highest BCUT2D eigenvalue weighted by Gasteiger charge is 2.39. The molecule has 13 nitrogen and oxygen atoms in total. The molecule has 3 atom stereocenters. The van der Waals surface area contributed by atoms with Gasteiger partial charge < -0.3 is 42.4 Å². The first-order valence-corrected chi connectivity index (χ1v) is 14.7. The Morgan fingerprint density at radius 2 is 1.70 bits per heavy atom. The molecule has 0 unspecified atom stereocenters. The molecular weight excluding hydrogens is 564 g/mol. The number of amides is 4. The lowest BCUT2D eigenvalue weighted by atomic mass is 10.0. The Labute approximate surface area is 258 Å². The number of rotatable bonds is 12. The SMILES string of the molecule is CC(C)(C)OC(=O)N[C@H](Cc1ccccc1)C(=O)N1CCC[C@H]1C(=O)N[C@@H](CCCNC(=N)N)C(=O)Nc1ccc(N)cc1. The van der Waals surface area contributed by atoms with Crippen molar-refractivity contribution in [1.82, 2.24) is 20.9 Å². The van der Waals surface area contributed by atoms with Crippen molar-refractivity contribution in [2.75, 3.05) is 24.1 Å². The molecule has 44 heavy (non-hydrogen) atoms. The first-order chi connectivity index (χ1) is 20.8. The summed E-state index contributed by atoms with van der Waals surface area (Å²) < 4.78 is 5.41. The Morgan fingerprint density at radius 3 is 2.34 bits per heavy atom. The van der Waals surface area contributed by atoms with Gasteiger partial charge in [-0.2, -0.15) is 0 Å². The Hall–Kier alpha value is -4.81. The van der Waals surface area contributed by atoms with Gasteiger partial charge in [0.15, 0.2) is 5.96 Å². The fraction of sp³-hybridized carbons (Fsp3) is 0.452. The number of hydrogen-bond acceptors (Lipinski definition) is 7. The monoisotopic (exact) mass is 608 g/mol. The summed E-state index contributed by atoms with van der Waals surface area (Å²) in [4.78, 5) is 54.9. The number of ether oxygens (including phenoxy) is 1. The van der Waals surface area contributed by atoms with E-state index in [0.717, 1.165) is 5.56 Å². The average Bonchev–Trinajstić information content (AvgIpc) is 3.45. The molecule has 0 saturated carbocycles. The van der Waals surface area contributed by atoms with Gasteiger partial charge in [0.05, 0.1) is 0 Å². The van der Waals surface area contributed by atoms with Crippen LogP contribution in [0.4, 0.5) is 16.2 Å². The molecule has 0 spiro atoms. The van der Waals surface area contributed by atoms with E-state index in [1.165, 1.54) is 4.90 Å². The molecule has 0 radical (unpaired) electrons. The summed E-state index contributed by atoms with van der Waals surface area (Å²) in [5, 5.41) is 18.4. The van der Waals surface area contributed by atoms with Crippen molar-refractivity contribution in [3.8, 4) is 0 Å². The zero-order valence-electron chi connectivity index (χ0n) is 25.5. The maximum absolute atomic E-state index is 13.9. The van der Waals surface area contributed by atoms with Gasteiger partial charge in [-0.05, 0) is 76.3 Å². The van der Waals surface area contributed by atoms with E-state index in [1.54, 1.807) is 45.0 Å². The van der Waals surface area contributed by atoms with E-state index in [0.29, 0.717) is 43.7 Å². The highest BCUT2D eigenvalue weighted by Crippen LogP contribution is 2.21. The molecule has 0 aromatic heterocycles. The number of nitrogens with zero attached hydrogens (tertiary/aromatic N) is 1. The molecule has 0 bridgehead atoms. The second kappa shape index (κ2) is 15.6. The van der Waals surface area contributed by atoms with Crippen LogP contribution in [0, 0.1) is 5.41 Å². The molecule has 1 saturated heterocycles. The number of hydrogen-bond donors (Lipinski definition) is 7. The fourth-order valence-electron chi connectivity index (χ4n) is 4.86. The van der Waals surface area contributed by atoms with Crippen molar-refractivity contribution >= 4 is 41.1 Å². The molecular formula is C31H44N8O5. The molecule has 1 fully saturated rings. The number of carbonyl (C=O) groups excluding carboxylic acids is 4. The summed E-state index contributed by atoms with van der Waals surface area (Å²) in [5.41, 5.74) is 12.2. The van der Waals surface area contributed by atoms with Gasteiger partial charge >= 0.3 is 6.09 Å². The third kappa shape index (κ3) is 10.8. The van der Waals surface area contributed by atoms with E-state index in [-0.39, 0.29) is 18.8 Å². The zero-order chi connectivity index (χ0) is 32.3. The number of nitrogens with one attached hydrogen (secondary N) is 5. The van der Waals surface area contributed by atoms with Crippen LogP contribution < -0.4 is 32.7 Å². The van der Waals surface area contributed by atoms with E-state index in [2.05, 4.69) is 21.3 Å². The Morgan fingerprint density at radius 1 is 1.02 bits per heavy atom. The van der Waals surface area contributed by atoms with Crippen LogP contribution >= 0.6 is 0 Å². The number of anilines is 2. The lowest BCUT2D eigenvalue weighted by Crippen LogP contribution is -2.56. The lowest BCUT2D eigenvalue weighted by Gasteiger charge is -2.30. The standard InChI is InChI=1S/C31H44N8O5/c1-31(2,3)44-30(43)38-24(19-20-9-5-4-6-10-20)28(42)39-18-8-12-25(39)27(41)37-23(11-7-17-35-29(33)34)26(40)36-22-15-13-21(32)14-16-22/h4-6,9-10,13-16,23-25H,7-8,11-12,17-19,32H2,1-3H3,(H,36,40)(H,37,41)(H,38,43)(H4,33,34,35)/t23-,24+,25-/m0/s1. The zero-order valence-corrected chi connectivity index (χ0v) is 25.5. The predicted molar refractivity (Wildman–Crippen MR) is 169 cm³/mol. The number of alkyl carbamates (subject to hydrolysis) is 1. The van der Waals surface area contributed by atoms with Crippen LogP contribution in [0.15, 0.2) is 54.6 Å². The summed E-state index contributed by atoms with van der Waals surface area (Å²) in [7, 11) is 0. The summed E-state index contributed by atoms with van der Waals surface area (Å²) >= 11 is 0. The van der Waals surface area contributed by atoms with Gasteiger partial charge in [0.25, 0.3) is 0 Å². The van der Waals surface area contributed by atoms with E-state index >= 15 is 0 Å². The maximum Gasteiger partial charge on any atom is 0.408 e. The van der Waals surface area contributed by atoms with Gasteiger partial charge in [0, 0.05) is 30.9 Å². The molecule has 4 amide bonds. The smallest absolute Gasteiger partial charge is 0.408 e. The second-order valence-electron chi connectivity index (χ2n) is 11.7. The molecule has 1 aliphatic rings. The van der Waals surface area contributed by atoms with E-state index in [9.17, 15) is 19.2 Å². The molecule has 1 aliphatic heterocycles. The van der Waals surface area contributed by atoms with Crippen molar-refractivity contribution in [1.29, 1.82) is 5.41 Å². The lowest BCUT2D eigenvalue weighted by molar-refractivity contribution is -0.140. The third-order valence-corrected chi connectivity index (χ3v) is 6.91. The molecule has 0 aliphatic carbocycles. The normalized spacial score (nSPS) is 15.9. The fourth-order valence-corrected chi connectivity index (χ4v) is 4.86. The third-order valence-electron chi connectivity index (χ3n) is 6.91. The molecule has 9 N–H and O–H groups in total. The molecule has 3 rings (SSSR count). The Balaban J connectivity index is 1.75. The van der Waals surface area contributed by atoms with Crippen molar-refractivity contribution in [3.63, 3.8) is 0 Å². The minimum atomic E-state index is -0.970. The van der Waals surface area contributed by atoms with Gasteiger partial charge in [0.1, 0.15) is 23.7 Å². The number of guanidine groups is 1. The molecule has 238 valence electrons. The van der Waals surface area contributed by atoms with Crippen molar-refractivity contribution in [2.24, 2.45) is 5.73 Å². The van der Waals surface area contributed by atoms with Crippen LogP contribution in [-0.2, 0) is 25.5 Å². The first-order valence-electron chi connectivity index (χ1n) is 14.7. The molecule has 13 heteroatoms. The number of nitrogen functional groups attached to an aromatic ring is 1. The van der Waals surface area contributed by atoms with E-state index in [4.69, 9.17) is 21.6 Å². The van der Waals surface area contributed by atoms with Gasteiger partial charge in [-0.25, -0.2) is 4.79 Å².